The van der Waals surface area contributed by atoms with Crippen LogP contribution in [0.3, 0.4) is 0 Å². The summed E-state index contributed by atoms with van der Waals surface area (Å²) in [5.74, 6) is 1.46. The van der Waals surface area contributed by atoms with Crippen molar-refractivity contribution in [2.45, 2.75) is 25.5 Å². The van der Waals surface area contributed by atoms with Crippen LogP contribution in [0.4, 0.5) is 0 Å². The molecule has 2 N–H and O–H groups in total. The van der Waals surface area contributed by atoms with Crippen LogP contribution in [0.1, 0.15) is 30.3 Å². The van der Waals surface area contributed by atoms with Gasteiger partial charge in [0.2, 0.25) is 6.79 Å². The molecule has 0 bridgehead atoms. The van der Waals surface area contributed by atoms with Crippen molar-refractivity contribution >= 4 is 0 Å². The van der Waals surface area contributed by atoms with E-state index >= 15 is 0 Å². The molecule has 1 aromatic heterocycles. The minimum absolute atomic E-state index is 0.00368. The zero-order valence-electron chi connectivity index (χ0n) is 11.5. The smallest absolute Gasteiger partial charge is 0.231 e. The van der Waals surface area contributed by atoms with Gasteiger partial charge in [0.25, 0.3) is 0 Å². The molecule has 0 radical (unpaired) electrons. The van der Waals surface area contributed by atoms with Gasteiger partial charge in [0.05, 0.1) is 11.4 Å². The van der Waals surface area contributed by atoms with E-state index in [1.165, 1.54) is 0 Å². The summed E-state index contributed by atoms with van der Waals surface area (Å²) in [6.45, 7) is 1.36. The SMILES string of the molecule is NCc1nnn(-c2ccc3c(c2)OCO3)c1C1CCCO1. The van der Waals surface area contributed by atoms with Crippen LogP contribution in [0, 0.1) is 0 Å². The molecule has 0 amide bonds. The average Bonchev–Trinajstić information content (AvgIpc) is 3.24. The summed E-state index contributed by atoms with van der Waals surface area (Å²) < 4.78 is 18.3. The molecule has 0 spiro atoms. The van der Waals surface area contributed by atoms with Crippen molar-refractivity contribution in [1.29, 1.82) is 0 Å². The number of benzene rings is 1. The third kappa shape index (κ3) is 2.05. The Morgan fingerprint density at radius 1 is 1.29 bits per heavy atom. The molecule has 2 aliphatic rings. The van der Waals surface area contributed by atoms with Gasteiger partial charge in [-0.2, -0.15) is 0 Å². The van der Waals surface area contributed by atoms with Crippen LogP contribution in [0.5, 0.6) is 11.5 Å². The highest BCUT2D eigenvalue weighted by Crippen LogP contribution is 2.36. The van der Waals surface area contributed by atoms with E-state index in [9.17, 15) is 0 Å². The Bertz CT molecular complexity index is 664. The number of rotatable bonds is 3. The molecular weight excluding hydrogens is 272 g/mol. The summed E-state index contributed by atoms with van der Waals surface area (Å²) in [6.07, 6.45) is 2.01. The highest BCUT2D eigenvalue weighted by molar-refractivity contribution is 5.50. The molecule has 2 aromatic rings. The van der Waals surface area contributed by atoms with Crippen molar-refractivity contribution in [3.8, 4) is 17.2 Å². The molecule has 3 heterocycles. The fourth-order valence-electron chi connectivity index (χ4n) is 2.79. The van der Waals surface area contributed by atoms with Crippen LogP contribution in [0.2, 0.25) is 0 Å². The van der Waals surface area contributed by atoms with Crippen molar-refractivity contribution in [2.75, 3.05) is 13.4 Å². The molecule has 4 rings (SSSR count). The first-order valence-electron chi connectivity index (χ1n) is 7.03. The highest BCUT2D eigenvalue weighted by atomic mass is 16.7. The molecule has 7 nitrogen and oxygen atoms in total. The summed E-state index contributed by atoms with van der Waals surface area (Å²) in [5, 5.41) is 8.42. The Kier molecular flexibility index (Phi) is 3.01. The van der Waals surface area contributed by atoms with E-state index in [4.69, 9.17) is 19.9 Å². The molecular formula is C14H16N4O3. The van der Waals surface area contributed by atoms with Gasteiger partial charge in [-0.05, 0) is 25.0 Å². The van der Waals surface area contributed by atoms with Gasteiger partial charge in [0, 0.05) is 19.2 Å². The molecule has 1 fully saturated rings. The topological polar surface area (TPSA) is 84.4 Å². The fourth-order valence-corrected chi connectivity index (χ4v) is 2.79. The number of fused-ring (bicyclic) bond motifs is 1. The maximum atomic E-state index is 5.78. The molecule has 0 saturated carbocycles. The van der Waals surface area contributed by atoms with Gasteiger partial charge in [-0.3, -0.25) is 0 Å². The second kappa shape index (κ2) is 5.01. The van der Waals surface area contributed by atoms with Crippen molar-refractivity contribution in [2.24, 2.45) is 5.73 Å². The Balaban J connectivity index is 1.79. The lowest BCUT2D eigenvalue weighted by Gasteiger charge is -2.13. The Morgan fingerprint density at radius 2 is 2.19 bits per heavy atom. The predicted molar refractivity (Wildman–Crippen MR) is 73.3 cm³/mol. The summed E-state index contributed by atoms with van der Waals surface area (Å²) in [7, 11) is 0. The standard InChI is InChI=1S/C14H16N4O3/c15-7-10-14(12-2-1-5-19-12)18(17-16-10)9-3-4-11-13(6-9)21-8-20-11/h3-4,6,12H,1-2,5,7-8,15H2. The average molecular weight is 288 g/mol. The van der Waals surface area contributed by atoms with Crippen LogP contribution >= 0.6 is 0 Å². The molecule has 1 atom stereocenters. The lowest BCUT2D eigenvalue weighted by atomic mass is 10.1. The molecule has 1 unspecified atom stereocenters. The first-order chi connectivity index (χ1) is 10.4. The molecule has 1 saturated heterocycles. The van der Waals surface area contributed by atoms with Crippen molar-refractivity contribution in [3.63, 3.8) is 0 Å². The van der Waals surface area contributed by atoms with Gasteiger partial charge in [0.1, 0.15) is 11.8 Å². The first-order valence-corrected chi connectivity index (χ1v) is 7.03. The lowest BCUT2D eigenvalue weighted by Crippen LogP contribution is -2.10. The number of hydrogen-bond donors (Lipinski definition) is 1. The van der Waals surface area contributed by atoms with Gasteiger partial charge >= 0.3 is 0 Å². The molecule has 7 heteroatoms. The van der Waals surface area contributed by atoms with Gasteiger partial charge < -0.3 is 19.9 Å². The number of hydrogen-bond acceptors (Lipinski definition) is 6. The van der Waals surface area contributed by atoms with Crippen LogP contribution in [-0.4, -0.2) is 28.4 Å². The predicted octanol–water partition coefficient (Wildman–Crippen LogP) is 1.31. The van der Waals surface area contributed by atoms with E-state index < -0.39 is 0 Å². The van der Waals surface area contributed by atoms with Gasteiger partial charge in [0.15, 0.2) is 11.5 Å². The number of aromatic nitrogens is 3. The van der Waals surface area contributed by atoms with E-state index in [2.05, 4.69) is 10.3 Å². The van der Waals surface area contributed by atoms with E-state index in [0.717, 1.165) is 48.0 Å². The number of ether oxygens (including phenoxy) is 3. The maximum Gasteiger partial charge on any atom is 0.231 e. The summed E-state index contributed by atoms with van der Waals surface area (Å²) in [4.78, 5) is 0. The van der Waals surface area contributed by atoms with E-state index in [-0.39, 0.29) is 12.9 Å². The molecule has 0 aliphatic carbocycles. The maximum absolute atomic E-state index is 5.78. The second-order valence-electron chi connectivity index (χ2n) is 5.08. The molecule has 21 heavy (non-hydrogen) atoms. The van der Waals surface area contributed by atoms with E-state index in [1.54, 1.807) is 4.68 Å². The third-order valence-corrected chi connectivity index (χ3v) is 3.81. The van der Waals surface area contributed by atoms with Gasteiger partial charge in [-0.1, -0.05) is 5.21 Å². The van der Waals surface area contributed by atoms with Crippen molar-refractivity contribution in [3.05, 3.63) is 29.6 Å². The Hall–Kier alpha value is -2.12. The lowest BCUT2D eigenvalue weighted by molar-refractivity contribution is 0.106. The molecule has 1 aromatic carbocycles. The Morgan fingerprint density at radius 3 is 3.00 bits per heavy atom. The monoisotopic (exact) mass is 288 g/mol. The Labute approximate surface area is 121 Å². The van der Waals surface area contributed by atoms with Crippen LogP contribution in [0.15, 0.2) is 18.2 Å². The second-order valence-corrected chi connectivity index (χ2v) is 5.08. The minimum Gasteiger partial charge on any atom is -0.454 e. The van der Waals surface area contributed by atoms with Crippen LogP contribution < -0.4 is 15.2 Å². The minimum atomic E-state index is 0.00368. The summed E-state index contributed by atoms with van der Waals surface area (Å²) in [5.41, 5.74) is 8.37. The first kappa shape index (κ1) is 12.6. The number of nitrogens with two attached hydrogens (primary N) is 1. The van der Waals surface area contributed by atoms with Crippen molar-refractivity contribution in [1.82, 2.24) is 15.0 Å². The molecule has 110 valence electrons. The summed E-state index contributed by atoms with van der Waals surface area (Å²) in [6, 6.07) is 5.71. The fraction of sp³-hybridized carbons (Fsp3) is 0.429. The van der Waals surface area contributed by atoms with Gasteiger partial charge in [-0.25, -0.2) is 4.68 Å². The zero-order chi connectivity index (χ0) is 14.2. The largest absolute Gasteiger partial charge is 0.454 e. The molecule has 2 aliphatic heterocycles. The van der Waals surface area contributed by atoms with E-state index in [0.29, 0.717) is 6.54 Å². The summed E-state index contributed by atoms with van der Waals surface area (Å²) >= 11 is 0. The van der Waals surface area contributed by atoms with Crippen LogP contribution in [0.25, 0.3) is 5.69 Å². The highest BCUT2D eigenvalue weighted by Gasteiger charge is 2.27. The van der Waals surface area contributed by atoms with Crippen LogP contribution in [-0.2, 0) is 11.3 Å². The zero-order valence-corrected chi connectivity index (χ0v) is 11.5. The quantitative estimate of drug-likeness (QED) is 0.916. The number of nitrogens with zero attached hydrogens (tertiary/aromatic N) is 3. The normalized spacial score (nSPS) is 20.1. The van der Waals surface area contributed by atoms with Crippen molar-refractivity contribution < 1.29 is 14.2 Å². The van der Waals surface area contributed by atoms with Gasteiger partial charge in [-0.15, -0.1) is 5.10 Å². The van der Waals surface area contributed by atoms with E-state index in [1.807, 2.05) is 18.2 Å². The third-order valence-electron chi connectivity index (χ3n) is 3.81.